The third-order valence-electron chi connectivity index (χ3n) is 3.81. The fourth-order valence-electron chi connectivity index (χ4n) is 2.63. The lowest BCUT2D eigenvalue weighted by molar-refractivity contribution is 0.102. The molecule has 6 nitrogen and oxygen atoms in total. The number of carbonyl (C=O) groups is 1. The van der Waals surface area contributed by atoms with Crippen molar-refractivity contribution in [3.05, 3.63) is 49.5 Å². The van der Waals surface area contributed by atoms with Crippen LogP contribution in [0, 0.1) is 4.77 Å². The normalized spacial score (nSPS) is 11.0. The molecule has 3 N–H and O–H groups in total. The Bertz CT molecular complexity index is 1050. The zero-order valence-corrected chi connectivity index (χ0v) is 15.6. The van der Waals surface area contributed by atoms with E-state index in [1.165, 1.54) is 16.2 Å². The van der Waals surface area contributed by atoms with Crippen LogP contribution in [0.2, 0.25) is 0 Å². The number of nitrogens with one attached hydrogen (secondary N) is 3. The Morgan fingerprint density at radius 1 is 1.32 bits per heavy atom. The van der Waals surface area contributed by atoms with Crippen LogP contribution in [0.5, 0.6) is 0 Å². The molecule has 1 aromatic carbocycles. The Kier molecular flexibility index (Phi) is 5.10. The topological polar surface area (TPSA) is 90.6 Å². The molecule has 2 heterocycles. The summed E-state index contributed by atoms with van der Waals surface area (Å²) in [6, 6.07) is 4.85. The molecule has 0 aliphatic carbocycles. The standard InChI is InChI=1S/C17H18N4O2S2/c1-3-5-11-13(4-2)25-17(19-11)21-14(22)9-6-7-10-12(8-9)18-16(24)20-15(10)23/h6-8H,3-5H2,1-2H3,(H,19,21,22)(H2,18,20,23,24). The van der Waals surface area contributed by atoms with E-state index in [9.17, 15) is 9.59 Å². The zero-order valence-electron chi connectivity index (χ0n) is 13.9. The first-order valence-electron chi connectivity index (χ1n) is 8.08. The minimum Gasteiger partial charge on any atom is -0.332 e. The predicted molar refractivity (Wildman–Crippen MR) is 103 cm³/mol. The van der Waals surface area contributed by atoms with Crippen molar-refractivity contribution in [2.24, 2.45) is 0 Å². The van der Waals surface area contributed by atoms with Crippen molar-refractivity contribution in [2.75, 3.05) is 5.32 Å². The van der Waals surface area contributed by atoms with Crippen LogP contribution < -0.4 is 10.9 Å². The maximum Gasteiger partial charge on any atom is 0.259 e. The van der Waals surface area contributed by atoms with Crippen LogP contribution in [0.3, 0.4) is 0 Å². The number of H-pyrrole nitrogens is 2. The lowest BCUT2D eigenvalue weighted by atomic mass is 10.1. The van der Waals surface area contributed by atoms with E-state index < -0.39 is 0 Å². The Labute approximate surface area is 153 Å². The van der Waals surface area contributed by atoms with Crippen molar-refractivity contribution >= 4 is 45.5 Å². The van der Waals surface area contributed by atoms with Gasteiger partial charge < -0.3 is 4.98 Å². The van der Waals surface area contributed by atoms with Crippen LogP contribution >= 0.6 is 23.6 Å². The number of hydrogen-bond donors (Lipinski definition) is 3. The molecule has 0 spiro atoms. The average molecular weight is 374 g/mol. The molecule has 25 heavy (non-hydrogen) atoms. The van der Waals surface area contributed by atoms with E-state index in [4.69, 9.17) is 12.2 Å². The van der Waals surface area contributed by atoms with E-state index >= 15 is 0 Å². The van der Waals surface area contributed by atoms with Gasteiger partial charge in [0.25, 0.3) is 11.5 Å². The fraction of sp³-hybridized carbons (Fsp3) is 0.294. The summed E-state index contributed by atoms with van der Waals surface area (Å²) in [7, 11) is 0. The van der Waals surface area contributed by atoms with Crippen LogP contribution in [0.1, 0.15) is 41.2 Å². The number of thiazole rings is 1. The van der Waals surface area contributed by atoms with Crippen LogP contribution in [0.15, 0.2) is 23.0 Å². The van der Waals surface area contributed by atoms with Gasteiger partial charge in [0.2, 0.25) is 0 Å². The second-order valence-electron chi connectivity index (χ2n) is 5.62. The first-order valence-corrected chi connectivity index (χ1v) is 9.30. The average Bonchev–Trinajstić information content (AvgIpc) is 2.96. The summed E-state index contributed by atoms with van der Waals surface area (Å²) in [4.78, 5) is 35.5. The Morgan fingerprint density at radius 3 is 2.84 bits per heavy atom. The summed E-state index contributed by atoms with van der Waals surface area (Å²) in [5.74, 6) is -0.263. The molecule has 1 amide bonds. The van der Waals surface area contributed by atoms with Crippen molar-refractivity contribution in [3.8, 4) is 0 Å². The quantitative estimate of drug-likeness (QED) is 0.592. The fourth-order valence-corrected chi connectivity index (χ4v) is 3.77. The summed E-state index contributed by atoms with van der Waals surface area (Å²) in [6.07, 6.45) is 2.83. The van der Waals surface area contributed by atoms with Crippen LogP contribution in [0.4, 0.5) is 5.13 Å². The van der Waals surface area contributed by atoms with Gasteiger partial charge in [-0.1, -0.05) is 20.3 Å². The number of fused-ring (bicyclic) bond motifs is 1. The van der Waals surface area contributed by atoms with Crippen molar-refractivity contribution < 1.29 is 4.79 Å². The predicted octanol–water partition coefficient (Wildman–Crippen LogP) is 3.81. The van der Waals surface area contributed by atoms with E-state index in [1.54, 1.807) is 18.2 Å². The Balaban J connectivity index is 1.90. The third-order valence-corrected chi connectivity index (χ3v) is 5.17. The first-order chi connectivity index (χ1) is 12.0. The van der Waals surface area contributed by atoms with Gasteiger partial charge in [0, 0.05) is 10.4 Å². The van der Waals surface area contributed by atoms with Gasteiger partial charge in [-0.2, -0.15) is 0 Å². The number of aromatic nitrogens is 3. The highest BCUT2D eigenvalue weighted by molar-refractivity contribution is 7.71. The smallest absolute Gasteiger partial charge is 0.259 e. The summed E-state index contributed by atoms with van der Waals surface area (Å²) in [5, 5.41) is 3.91. The molecule has 0 bridgehead atoms. The van der Waals surface area contributed by atoms with Gasteiger partial charge in [-0.25, -0.2) is 4.98 Å². The molecule has 0 aliphatic heterocycles. The molecule has 0 atom stereocenters. The molecule has 0 radical (unpaired) electrons. The molecule has 130 valence electrons. The maximum atomic E-state index is 12.5. The molecule has 8 heteroatoms. The molecule has 0 fully saturated rings. The number of anilines is 1. The molecule has 0 saturated carbocycles. The van der Waals surface area contributed by atoms with Gasteiger partial charge in [-0.15, -0.1) is 11.3 Å². The van der Waals surface area contributed by atoms with Crippen molar-refractivity contribution in [1.82, 2.24) is 15.0 Å². The largest absolute Gasteiger partial charge is 0.332 e. The number of aryl methyl sites for hydroxylation is 2. The SMILES string of the molecule is CCCc1nc(NC(=O)c2ccc3c(=O)[nH]c(=S)[nH]c3c2)sc1CC. The van der Waals surface area contributed by atoms with E-state index in [2.05, 4.69) is 34.1 Å². The van der Waals surface area contributed by atoms with Crippen molar-refractivity contribution in [1.29, 1.82) is 0 Å². The number of carbonyl (C=O) groups excluding carboxylic acids is 1. The van der Waals surface area contributed by atoms with Crippen molar-refractivity contribution in [3.63, 3.8) is 0 Å². The van der Waals surface area contributed by atoms with Gasteiger partial charge >= 0.3 is 0 Å². The van der Waals surface area contributed by atoms with Gasteiger partial charge in [-0.3, -0.25) is 19.9 Å². The number of hydrogen-bond acceptors (Lipinski definition) is 5. The number of rotatable bonds is 5. The molecule has 0 aliphatic rings. The van der Waals surface area contributed by atoms with E-state index in [1.807, 2.05) is 0 Å². The van der Waals surface area contributed by atoms with E-state index in [0.29, 0.717) is 21.6 Å². The second-order valence-corrected chi connectivity index (χ2v) is 7.11. The number of nitrogens with zero attached hydrogens (tertiary/aromatic N) is 1. The summed E-state index contributed by atoms with van der Waals surface area (Å²) >= 11 is 6.48. The molecular weight excluding hydrogens is 356 g/mol. The van der Waals surface area contributed by atoms with Crippen LogP contribution in [-0.2, 0) is 12.8 Å². The molecule has 0 unspecified atom stereocenters. The Hall–Kier alpha value is -2.32. The number of amides is 1. The van der Waals surface area contributed by atoms with E-state index in [-0.39, 0.29) is 16.2 Å². The minimum atomic E-state index is -0.276. The monoisotopic (exact) mass is 374 g/mol. The molecule has 2 aromatic heterocycles. The molecule has 3 aromatic rings. The number of aromatic amines is 2. The van der Waals surface area contributed by atoms with Gasteiger partial charge in [-0.05, 0) is 43.3 Å². The highest BCUT2D eigenvalue weighted by atomic mass is 32.1. The highest BCUT2D eigenvalue weighted by Gasteiger charge is 2.13. The maximum absolute atomic E-state index is 12.5. The lowest BCUT2D eigenvalue weighted by Gasteiger charge is -2.03. The van der Waals surface area contributed by atoms with Gasteiger partial charge in [0.15, 0.2) is 9.90 Å². The summed E-state index contributed by atoms with van der Waals surface area (Å²) in [6.45, 7) is 4.19. The van der Waals surface area contributed by atoms with Gasteiger partial charge in [0.1, 0.15) is 0 Å². The van der Waals surface area contributed by atoms with E-state index in [0.717, 1.165) is 25.0 Å². The second kappa shape index (κ2) is 7.28. The Morgan fingerprint density at radius 2 is 2.12 bits per heavy atom. The lowest BCUT2D eigenvalue weighted by Crippen LogP contribution is -2.13. The third kappa shape index (κ3) is 3.69. The van der Waals surface area contributed by atoms with Crippen LogP contribution in [0.25, 0.3) is 10.9 Å². The summed E-state index contributed by atoms with van der Waals surface area (Å²) < 4.78 is 0.228. The molecule has 3 rings (SSSR count). The minimum absolute atomic E-state index is 0.228. The number of benzene rings is 1. The first kappa shape index (κ1) is 17.5. The van der Waals surface area contributed by atoms with Crippen LogP contribution in [-0.4, -0.2) is 20.9 Å². The zero-order chi connectivity index (χ0) is 18.0. The molecular formula is C17H18N4O2S2. The highest BCUT2D eigenvalue weighted by Crippen LogP contribution is 2.25. The van der Waals surface area contributed by atoms with Gasteiger partial charge in [0.05, 0.1) is 16.6 Å². The summed E-state index contributed by atoms with van der Waals surface area (Å²) in [5.41, 5.74) is 1.75. The van der Waals surface area contributed by atoms with Crippen molar-refractivity contribution in [2.45, 2.75) is 33.1 Å². The molecule has 0 saturated heterocycles.